The molecule has 0 bridgehead atoms. The number of para-hydroxylation sites is 1. The lowest BCUT2D eigenvalue weighted by Crippen LogP contribution is -2.45. The number of hydrogen-bond acceptors (Lipinski definition) is 6. The van der Waals surface area contributed by atoms with E-state index in [0.717, 1.165) is 29.8 Å². The van der Waals surface area contributed by atoms with Crippen molar-refractivity contribution in [2.24, 2.45) is 23.2 Å². The van der Waals surface area contributed by atoms with Crippen LogP contribution in [0.1, 0.15) is 46.5 Å². The predicted molar refractivity (Wildman–Crippen MR) is 131 cm³/mol. The summed E-state index contributed by atoms with van der Waals surface area (Å²) in [6, 6.07) is 8.25. The molecular formula is C26H32N4OS. The van der Waals surface area contributed by atoms with E-state index in [4.69, 9.17) is 9.72 Å². The van der Waals surface area contributed by atoms with Gasteiger partial charge in [0, 0.05) is 22.9 Å². The molecule has 2 aliphatic carbocycles. The lowest BCUT2D eigenvalue weighted by Gasteiger charge is -2.48. The first kappa shape index (κ1) is 21.5. The van der Waals surface area contributed by atoms with Crippen LogP contribution < -0.4 is 10.1 Å². The summed E-state index contributed by atoms with van der Waals surface area (Å²) in [4.78, 5) is 4.76. The van der Waals surface area contributed by atoms with Gasteiger partial charge in [-0.1, -0.05) is 68.5 Å². The van der Waals surface area contributed by atoms with E-state index in [9.17, 15) is 0 Å². The van der Waals surface area contributed by atoms with Crippen LogP contribution in [0.4, 0.5) is 5.69 Å². The lowest BCUT2D eigenvalue weighted by molar-refractivity contribution is 0.0519. The average molecular weight is 449 g/mol. The number of aromatic nitrogens is 3. The Labute approximate surface area is 195 Å². The molecule has 1 aliphatic heterocycles. The number of hydrogen-bond donors (Lipinski definition) is 1. The van der Waals surface area contributed by atoms with Crippen LogP contribution in [0.5, 0.6) is 5.88 Å². The van der Waals surface area contributed by atoms with Gasteiger partial charge in [0.25, 0.3) is 0 Å². The second-order valence-corrected chi connectivity index (χ2v) is 11.0. The van der Waals surface area contributed by atoms with Gasteiger partial charge < -0.3 is 10.1 Å². The second kappa shape index (κ2) is 8.54. The molecule has 1 aromatic heterocycles. The van der Waals surface area contributed by atoms with E-state index in [1.165, 1.54) is 24.6 Å². The summed E-state index contributed by atoms with van der Waals surface area (Å²) in [6.07, 6.45) is 8.95. The van der Waals surface area contributed by atoms with E-state index in [0.29, 0.717) is 39.9 Å². The molecule has 2 heterocycles. The fraction of sp³-hybridized carbons (Fsp3) is 0.500. The third kappa shape index (κ3) is 3.94. The number of rotatable bonds is 4. The molecule has 1 N–H and O–H groups in total. The maximum Gasteiger partial charge on any atom is 0.247 e. The Kier molecular flexibility index (Phi) is 5.74. The Morgan fingerprint density at radius 2 is 2.12 bits per heavy atom. The fourth-order valence-corrected chi connectivity index (χ4v) is 6.16. The maximum atomic E-state index is 6.63. The number of fused-ring (bicyclic) bond motifs is 4. The quantitative estimate of drug-likeness (QED) is 0.434. The molecule has 1 fully saturated rings. The first-order chi connectivity index (χ1) is 15.5. The van der Waals surface area contributed by atoms with E-state index in [1.807, 2.05) is 12.1 Å². The van der Waals surface area contributed by atoms with Crippen molar-refractivity contribution in [1.29, 1.82) is 0 Å². The van der Waals surface area contributed by atoms with Crippen molar-refractivity contribution >= 4 is 17.4 Å². The SMILES string of the molecule is C=CCSc1nnc2c(n1)OC(C1CC3C(=CCCC3(C)C)CC1C)Nc1ccccc1-2. The van der Waals surface area contributed by atoms with E-state index in [1.54, 1.807) is 5.57 Å². The number of nitrogens with one attached hydrogen (secondary N) is 1. The van der Waals surface area contributed by atoms with Gasteiger partial charge in [0.1, 0.15) is 0 Å². The van der Waals surface area contributed by atoms with Gasteiger partial charge >= 0.3 is 0 Å². The van der Waals surface area contributed by atoms with Gasteiger partial charge in [0.05, 0.1) is 0 Å². The molecule has 4 atom stereocenters. The highest BCUT2D eigenvalue weighted by Gasteiger charge is 2.44. The molecule has 0 amide bonds. The summed E-state index contributed by atoms with van der Waals surface area (Å²) in [5.74, 6) is 2.84. The van der Waals surface area contributed by atoms with Crippen LogP contribution in [0.15, 0.2) is 53.7 Å². The highest BCUT2D eigenvalue weighted by atomic mass is 32.2. The normalized spacial score (nSPS) is 28.0. The fourth-order valence-electron chi connectivity index (χ4n) is 5.65. The topological polar surface area (TPSA) is 59.9 Å². The number of anilines is 1. The molecule has 0 saturated heterocycles. The summed E-state index contributed by atoms with van der Waals surface area (Å²) >= 11 is 1.52. The van der Waals surface area contributed by atoms with E-state index < -0.39 is 0 Å². The molecule has 4 unspecified atom stereocenters. The van der Waals surface area contributed by atoms with Crippen LogP contribution in [0.2, 0.25) is 0 Å². The molecule has 0 radical (unpaired) electrons. The zero-order chi connectivity index (χ0) is 22.3. The number of ether oxygens (including phenoxy) is 1. The van der Waals surface area contributed by atoms with Gasteiger partial charge in [-0.2, -0.15) is 4.98 Å². The van der Waals surface area contributed by atoms with Gasteiger partial charge in [0.2, 0.25) is 11.0 Å². The highest BCUT2D eigenvalue weighted by Crippen LogP contribution is 2.52. The van der Waals surface area contributed by atoms with Gasteiger partial charge in [0.15, 0.2) is 11.9 Å². The molecular weight excluding hydrogens is 416 g/mol. The Morgan fingerprint density at radius 1 is 1.28 bits per heavy atom. The van der Waals surface area contributed by atoms with Gasteiger partial charge in [-0.15, -0.1) is 16.8 Å². The van der Waals surface area contributed by atoms with E-state index in [2.05, 4.69) is 67.1 Å². The van der Waals surface area contributed by atoms with E-state index >= 15 is 0 Å². The summed E-state index contributed by atoms with van der Waals surface area (Å²) in [5, 5.41) is 13.2. The van der Waals surface area contributed by atoms with Crippen molar-refractivity contribution in [3.63, 3.8) is 0 Å². The third-order valence-corrected chi connectivity index (χ3v) is 8.29. The third-order valence-electron chi connectivity index (χ3n) is 7.46. The monoisotopic (exact) mass is 448 g/mol. The smallest absolute Gasteiger partial charge is 0.247 e. The summed E-state index contributed by atoms with van der Waals surface area (Å²) in [6.45, 7) is 11.0. The zero-order valence-electron chi connectivity index (χ0n) is 19.2. The molecule has 5 rings (SSSR count). The molecule has 3 aliphatic rings. The van der Waals surface area contributed by atoms with Crippen LogP contribution in [0.25, 0.3) is 11.3 Å². The van der Waals surface area contributed by atoms with Gasteiger partial charge in [-0.05, 0) is 49.0 Å². The summed E-state index contributed by atoms with van der Waals surface area (Å²) in [7, 11) is 0. The van der Waals surface area contributed by atoms with Crippen molar-refractivity contribution in [3.05, 3.63) is 48.6 Å². The molecule has 1 saturated carbocycles. The first-order valence-corrected chi connectivity index (χ1v) is 12.6. The molecule has 168 valence electrons. The first-order valence-electron chi connectivity index (χ1n) is 11.7. The Hall–Kier alpha value is -2.34. The standard InChI is InChI=1S/C26H32N4OS/c1-5-13-32-25-28-24-22(29-30-25)18-10-6-7-11-21(18)27-23(31-24)19-15-20-17(14-16(19)2)9-8-12-26(20,3)4/h5-7,9-11,16,19-20,23,27H,1,8,12-15H2,2-4H3. The molecule has 5 nitrogen and oxygen atoms in total. The van der Waals surface area contributed by atoms with Crippen molar-refractivity contribution in [1.82, 2.24) is 15.2 Å². The van der Waals surface area contributed by atoms with Crippen LogP contribution in [-0.2, 0) is 0 Å². The molecule has 32 heavy (non-hydrogen) atoms. The minimum Gasteiger partial charge on any atom is -0.452 e. The largest absolute Gasteiger partial charge is 0.452 e. The molecule has 0 spiro atoms. The second-order valence-electron chi connectivity index (χ2n) is 10.0. The highest BCUT2D eigenvalue weighted by molar-refractivity contribution is 7.99. The van der Waals surface area contributed by atoms with Gasteiger partial charge in [-0.3, -0.25) is 0 Å². The lowest BCUT2D eigenvalue weighted by atomic mass is 9.59. The van der Waals surface area contributed by atoms with Crippen molar-refractivity contribution in [3.8, 4) is 17.1 Å². The Bertz CT molecular complexity index is 1050. The molecule has 6 heteroatoms. The Balaban J connectivity index is 1.51. The minimum absolute atomic E-state index is 0.152. The predicted octanol–water partition coefficient (Wildman–Crippen LogP) is 6.36. The van der Waals surface area contributed by atoms with Gasteiger partial charge in [-0.25, -0.2) is 0 Å². The van der Waals surface area contributed by atoms with Crippen LogP contribution in [0.3, 0.4) is 0 Å². The van der Waals surface area contributed by atoms with Crippen LogP contribution in [-0.4, -0.2) is 27.2 Å². The van der Waals surface area contributed by atoms with E-state index in [-0.39, 0.29) is 6.23 Å². The molecule has 1 aromatic carbocycles. The van der Waals surface area contributed by atoms with Crippen LogP contribution >= 0.6 is 11.8 Å². The maximum absolute atomic E-state index is 6.63. The van der Waals surface area contributed by atoms with Crippen molar-refractivity contribution in [2.45, 2.75) is 57.8 Å². The Morgan fingerprint density at radius 3 is 2.97 bits per heavy atom. The van der Waals surface area contributed by atoms with Crippen molar-refractivity contribution < 1.29 is 4.74 Å². The number of benzene rings is 1. The summed E-state index contributed by atoms with van der Waals surface area (Å²) < 4.78 is 6.63. The number of nitrogens with zero attached hydrogens (tertiary/aromatic N) is 3. The average Bonchev–Trinajstić information content (AvgIpc) is 2.93. The van der Waals surface area contributed by atoms with Crippen molar-refractivity contribution in [2.75, 3.05) is 11.1 Å². The summed E-state index contributed by atoms with van der Waals surface area (Å²) in [5.41, 5.74) is 4.73. The molecule has 2 aromatic rings. The zero-order valence-corrected chi connectivity index (χ0v) is 20.0. The minimum atomic E-state index is -0.152. The number of thioether (sulfide) groups is 1. The van der Waals surface area contributed by atoms with Crippen LogP contribution in [0, 0.1) is 23.2 Å². The number of allylic oxidation sites excluding steroid dienone is 2.